The summed E-state index contributed by atoms with van der Waals surface area (Å²) >= 11 is 0. The standard InChI is InChI=1S/C26H31N5O6/c1-34-16-14-31(26(33)22-5-4-15-37-22)18-25(32)30-12-10-29(11-13-30)24-9-7-20(27-28-24)19-6-8-21(35-2)23(17-19)36-3/h4-9,15,17H,10-14,16,18H2,1-3H3. The van der Waals surface area contributed by atoms with Crippen molar-refractivity contribution < 1.29 is 28.2 Å². The topological polar surface area (TPSA) is 110 Å². The molecule has 0 radical (unpaired) electrons. The molecule has 0 atom stereocenters. The van der Waals surface area contributed by atoms with Crippen LogP contribution in [-0.2, 0) is 9.53 Å². The fourth-order valence-corrected chi connectivity index (χ4v) is 4.10. The molecule has 2 aromatic heterocycles. The number of carbonyl (C=O) groups is 2. The minimum atomic E-state index is -0.334. The molecule has 1 fully saturated rings. The molecule has 0 aliphatic carbocycles. The van der Waals surface area contributed by atoms with Crippen molar-refractivity contribution in [3.8, 4) is 22.8 Å². The van der Waals surface area contributed by atoms with E-state index in [0.717, 1.165) is 17.1 Å². The van der Waals surface area contributed by atoms with Crippen LogP contribution in [0.3, 0.4) is 0 Å². The van der Waals surface area contributed by atoms with Crippen molar-refractivity contribution in [3.05, 3.63) is 54.5 Å². The molecule has 0 saturated carbocycles. The van der Waals surface area contributed by atoms with Gasteiger partial charge in [0.1, 0.15) is 6.54 Å². The normalized spacial score (nSPS) is 13.4. The van der Waals surface area contributed by atoms with E-state index < -0.39 is 0 Å². The summed E-state index contributed by atoms with van der Waals surface area (Å²) in [5.74, 6) is 1.76. The smallest absolute Gasteiger partial charge is 0.290 e. The zero-order valence-corrected chi connectivity index (χ0v) is 21.3. The molecule has 196 valence electrons. The number of aromatic nitrogens is 2. The van der Waals surface area contributed by atoms with E-state index in [2.05, 4.69) is 15.1 Å². The second kappa shape index (κ2) is 12.2. The first-order chi connectivity index (χ1) is 18.0. The second-order valence-electron chi connectivity index (χ2n) is 8.41. The number of carbonyl (C=O) groups excluding carboxylic acids is 2. The van der Waals surface area contributed by atoms with Gasteiger partial charge in [-0.3, -0.25) is 9.59 Å². The quantitative estimate of drug-likeness (QED) is 0.406. The number of furan rings is 1. The van der Waals surface area contributed by atoms with Crippen molar-refractivity contribution in [2.24, 2.45) is 0 Å². The molecule has 1 aliphatic rings. The zero-order valence-electron chi connectivity index (χ0n) is 21.3. The highest BCUT2D eigenvalue weighted by Gasteiger charge is 2.26. The van der Waals surface area contributed by atoms with Crippen molar-refractivity contribution in [2.45, 2.75) is 0 Å². The number of benzene rings is 1. The lowest BCUT2D eigenvalue weighted by atomic mass is 10.1. The SMILES string of the molecule is COCCN(CC(=O)N1CCN(c2ccc(-c3ccc(OC)c(OC)c3)nn2)CC1)C(=O)c1ccco1. The van der Waals surface area contributed by atoms with E-state index in [1.54, 1.807) is 38.4 Å². The maximum absolute atomic E-state index is 13.0. The van der Waals surface area contributed by atoms with Crippen LogP contribution in [0.25, 0.3) is 11.3 Å². The van der Waals surface area contributed by atoms with Crippen LogP contribution < -0.4 is 14.4 Å². The third kappa shape index (κ3) is 6.18. The van der Waals surface area contributed by atoms with Gasteiger partial charge < -0.3 is 33.3 Å². The molecule has 11 heteroatoms. The van der Waals surface area contributed by atoms with Crippen molar-refractivity contribution in [2.75, 3.05) is 72.1 Å². The van der Waals surface area contributed by atoms with E-state index in [9.17, 15) is 9.59 Å². The Labute approximate surface area is 215 Å². The van der Waals surface area contributed by atoms with Crippen molar-refractivity contribution >= 4 is 17.6 Å². The summed E-state index contributed by atoms with van der Waals surface area (Å²) in [4.78, 5) is 31.0. The molecule has 1 saturated heterocycles. The highest BCUT2D eigenvalue weighted by Crippen LogP contribution is 2.31. The molecule has 1 aromatic carbocycles. The van der Waals surface area contributed by atoms with Gasteiger partial charge in [0.15, 0.2) is 23.1 Å². The molecular weight excluding hydrogens is 478 g/mol. The van der Waals surface area contributed by atoms with Crippen LogP contribution in [0.2, 0.25) is 0 Å². The van der Waals surface area contributed by atoms with Gasteiger partial charge in [-0.1, -0.05) is 0 Å². The number of methoxy groups -OCH3 is 3. The van der Waals surface area contributed by atoms with Gasteiger partial charge in [0, 0.05) is 45.4 Å². The molecule has 1 aliphatic heterocycles. The lowest BCUT2D eigenvalue weighted by Crippen LogP contribution is -2.52. The largest absolute Gasteiger partial charge is 0.493 e. The first-order valence-electron chi connectivity index (χ1n) is 11.9. The predicted molar refractivity (Wildman–Crippen MR) is 136 cm³/mol. The lowest BCUT2D eigenvalue weighted by Gasteiger charge is -2.36. The number of rotatable bonds is 10. The van der Waals surface area contributed by atoms with E-state index in [0.29, 0.717) is 50.8 Å². The molecule has 0 bridgehead atoms. The number of hydrogen-bond acceptors (Lipinski definition) is 9. The van der Waals surface area contributed by atoms with Gasteiger partial charge >= 0.3 is 0 Å². The van der Waals surface area contributed by atoms with E-state index in [-0.39, 0.29) is 24.1 Å². The summed E-state index contributed by atoms with van der Waals surface area (Å²) in [6.45, 7) is 2.84. The van der Waals surface area contributed by atoms with Gasteiger partial charge in [-0.15, -0.1) is 10.2 Å². The van der Waals surface area contributed by atoms with Crippen LogP contribution in [0.5, 0.6) is 11.5 Å². The Balaban J connectivity index is 1.34. The second-order valence-corrected chi connectivity index (χ2v) is 8.41. The van der Waals surface area contributed by atoms with Gasteiger partial charge in [-0.05, 0) is 42.5 Å². The van der Waals surface area contributed by atoms with Crippen molar-refractivity contribution in [3.63, 3.8) is 0 Å². The van der Waals surface area contributed by atoms with Crippen LogP contribution >= 0.6 is 0 Å². The lowest BCUT2D eigenvalue weighted by molar-refractivity contribution is -0.132. The summed E-state index contributed by atoms with van der Waals surface area (Å²) in [5, 5.41) is 8.79. The summed E-state index contributed by atoms with van der Waals surface area (Å²) in [6.07, 6.45) is 1.44. The third-order valence-electron chi connectivity index (χ3n) is 6.20. The van der Waals surface area contributed by atoms with Gasteiger partial charge in [-0.2, -0.15) is 0 Å². The van der Waals surface area contributed by atoms with E-state index in [4.69, 9.17) is 18.6 Å². The molecule has 11 nitrogen and oxygen atoms in total. The highest BCUT2D eigenvalue weighted by atomic mass is 16.5. The Morgan fingerprint density at radius 2 is 1.76 bits per heavy atom. The molecule has 4 rings (SSSR count). The fourth-order valence-electron chi connectivity index (χ4n) is 4.10. The molecule has 37 heavy (non-hydrogen) atoms. The van der Waals surface area contributed by atoms with Crippen LogP contribution in [0, 0.1) is 0 Å². The first kappa shape index (κ1) is 26.0. The zero-order chi connectivity index (χ0) is 26.2. The highest BCUT2D eigenvalue weighted by molar-refractivity contribution is 5.94. The van der Waals surface area contributed by atoms with Gasteiger partial charge in [0.2, 0.25) is 5.91 Å². The summed E-state index contributed by atoms with van der Waals surface area (Å²) in [6, 6.07) is 12.7. The maximum atomic E-state index is 13.0. The summed E-state index contributed by atoms with van der Waals surface area (Å²) < 4.78 is 21.0. The minimum absolute atomic E-state index is 0.0390. The van der Waals surface area contributed by atoms with Gasteiger partial charge in [0.25, 0.3) is 5.91 Å². The monoisotopic (exact) mass is 509 g/mol. The Morgan fingerprint density at radius 3 is 2.38 bits per heavy atom. The molecule has 2 amide bonds. The molecule has 0 unspecified atom stereocenters. The first-order valence-corrected chi connectivity index (χ1v) is 11.9. The number of anilines is 1. The Morgan fingerprint density at radius 1 is 0.973 bits per heavy atom. The number of nitrogens with zero attached hydrogens (tertiary/aromatic N) is 5. The van der Waals surface area contributed by atoms with Crippen molar-refractivity contribution in [1.29, 1.82) is 0 Å². The Bertz CT molecular complexity index is 1180. The van der Waals surface area contributed by atoms with Crippen LogP contribution in [0.15, 0.2) is 53.1 Å². The third-order valence-corrected chi connectivity index (χ3v) is 6.20. The fraction of sp³-hybridized carbons (Fsp3) is 0.385. The van der Waals surface area contributed by atoms with Crippen LogP contribution in [0.4, 0.5) is 5.82 Å². The van der Waals surface area contributed by atoms with Crippen LogP contribution in [0.1, 0.15) is 10.6 Å². The molecule has 0 spiro atoms. The molecular formula is C26H31N5O6. The predicted octanol–water partition coefficient (Wildman–Crippen LogP) is 2.19. The maximum Gasteiger partial charge on any atom is 0.290 e. The van der Waals surface area contributed by atoms with E-state index in [1.807, 2.05) is 30.3 Å². The van der Waals surface area contributed by atoms with E-state index >= 15 is 0 Å². The Kier molecular flexibility index (Phi) is 8.57. The summed E-state index contributed by atoms with van der Waals surface area (Å²) in [7, 11) is 4.74. The Hall–Kier alpha value is -4.12. The molecule has 3 aromatic rings. The summed E-state index contributed by atoms with van der Waals surface area (Å²) in [5.41, 5.74) is 1.59. The van der Waals surface area contributed by atoms with Gasteiger partial charge in [-0.25, -0.2) is 0 Å². The van der Waals surface area contributed by atoms with Gasteiger partial charge in [0.05, 0.1) is 32.8 Å². The minimum Gasteiger partial charge on any atom is -0.493 e. The molecule has 0 N–H and O–H groups in total. The average Bonchev–Trinajstić information content (AvgIpc) is 3.50. The average molecular weight is 510 g/mol. The molecule has 3 heterocycles. The number of hydrogen-bond donors (Lipinski definition) is 0. The number of ether oxygens (including phenoxy) is 3. The van der Waals surface area contributed by atoms with Crippen molar-refractivity contribution in [1.82, 2.24) is 20.0 Å². The van der Waals surface area contributed by atoms with E-state index in [1.165, 1.54) is 11.2 Å². The van der Waals surface area contributed by atoms with Crippen LogP contribution in [-0.4, -0.2) is 99.0 Å². The number of piperazine rings is 1. The number of amides is 2.